The number of fused-ring (bicyclic) bond motifs is 2. The Kier molecular flexibility index (Phi) is 7.03. The number of carboxylic acid groups (broad SMARTS) is 1. The van der Waals surface area contributed by atoms with Crippen LogP contribution in [0.15, 0.2) is 50.0 Å². The molecule has 4 aromatic rings. The highest BCUT2D eigenvalue weighted by molar-refractivity contribution is 7.98. The molecule has 0 aliphatic carbocycles. The number of amides is 1. The molecule has 0 aliphatic rings. The number of hydrogen-bond donors (Lipinski definition) is 1. The van der Waals surface area contributed by atoms with Crippen LogP contribution in [0.2, 0.25) is 0 Å². The molecular weight excluding hydrogens is 466 g/mol. The van der Waals surface area contributed by atoms with Crippen LogP contribution in [-0.4, -0.2) is 29.9 Å². The monoisotopic (exact) mass is 492 g/mol. The maximum absolute atomic E-state index is 12.9. The van der Waals surface area contributed by atoms with Gasteiger partial charge in [0, 0.05) is 21.9 Å². The van der Waals surface area contributed by atoms with E-state index in [-0.39, 0.29) is 18.4 Å². The third-order valence-electron chi connectivity index (χ3n) is 6.26. The van der Waals surface area contributed by atoms with Crippen molar-refractivity contribution < 1.29 is 23.5 Å². The Bertz CT molecular complexity index is 1490. The second-order valence-electron chi connectivity index (χ2n) is 8.54. The van der Waals surface area contributed by atoms with Gasteiger partial charge in [0.25, 0.3) is 0 Å². The molecule has 7 nitrogen and oxygen atoms in total. The predicted molar refractivity (Wildman–Crippen MR) is 136 cm³/mol. The molecule has 0 unspecified atom stereocenters. The lowest BCUT2D eigenvalue weighted by Gasteiger charge is -2.19. The molecule has 2 heterocycles. The van der Waals surface area contributed by atoms with Crippen LogP contribution in [0, 0.1) is 20.8 Å². The summed E-state index contributed by atoms with van der Waals surface area (Å²) in [5.41, 5.74) is 3.90. The van der Waals surface area contributed by atoms with Crippen LogP contribution < -0.4 is 16.0 Å². The Morgan fingerprint density at radius 1 is 1.03 bits per heavy atom. The molecule has 1 amide bonds. The molecule has 8 heteroatoms. The first-order valence-corrected chi connectivity index (χ1v) is 12.7. The largest absolute Gasteiger partial charge is 0.548 e. The summed E-state index contributed by atoms with van der Waals surface area (Å²) in [5, 5.41) is 15.4. The molecule has 0 saturated carbocycles. The molecule has 2 aromatic carbocycles. The molecular formula is C27H26NO6S-. The van der Waals surface area contributed by atoms with Crippen molar-refractivity contribution in [2.45, 2.75) is 39.7 Å². The highest BCUT2D eigenvalue weighted by Gasteiger charge is 2.22. The van der Waals surface area contributed by atoms with Gasteiger partial charge in [-0.1, -0.05) is 30.3 Å². The van der Waals surface area contributed by atoms with Gasteiger partial charge < -0.3 is 24.1 Å². The standard InChI is InChI=1S/C27H27NO6S/c1-14-18-12-20-23(17-8-6-5-7-9-17)16(3)33-25(20)15(2)24(18)34-27(32)19(14)13-22(29)28-21(26(30)31)10-11-35-4/h5-9,12,21H,10-11,13H2,1-4H3,(H,28,29)(H,30,31)/p-1/t21-/m0/s1. The molecule has 0 spiro atoms. The first-order valence-electron chi connectivity index (χ1n) is 11.3. The summed E-state index contributed by atoms with van der Waals surface area (Å²) >= 11 is 1.47. The van der Waals surface area contributed by atoms with Crippen LogP contribution in [0.4, 0.5) is 0 Å². The third kappa shape index (κ3) is 4.71. The zero-order chi connectivity index (χ0) is 25.3. The summed E-state index contributed by atoms with van der Waals surface area (Å²) < 4.78 is 11.7. The number of benzene rings is 2. The molecule has 4 rings (SSSR count). The second kappa shape index (κ2) is 10.00. The number of aliphatic carboxylic acids is 1. The molecule has 0 saturated heterocycles. The van der Waals surface area contributed by atoms with Crippen molar-refractivity contribution in [1.29, 1.82) is 0 Å². The molecule has 2 aromatic heterocycles. The molecule has 0 bridgehead atoms. The average molecular weight is 493 g/mol. The van der Waals surface area contributed by atoms with Crippen LogP contribution in [-0.2, 0) is 16.0 Å². The topological polar surface area (TPSA) is 113 Å². The molecule has 1 atom stereocenters. The Morgan fingerprint density at radius 2 is 1.71 bits per heavy atom. The minimum absolute atomic E-state index is 0.192. The number of aryl methyl sites for hydroxylation is 3. The number of nitrogens with one attached hydrogen (secondary N) is 1. The quantitative estimate of drug-likeness (QED) is 0.374. The lowest BCUT2D eigenvalue weighted by molar-refractivity contribution is -0.308. The smallest absolute Gasteiger partial charge is 0.340 e. The summed E-state index contributed by atoms with van der Waals surface area (Å²) in [6.07, 6.45) is 1.79. The van der Waals surface area contributed by atoms with Crippen molar-refractivity contribution in [2.75, 3.05) is 12.0 Å². The first kappa shape index (κ1) is 24.6. The maximum atomic E-state index is 12.9. The second-order valence-corrected chi connectivity index (χ2v) is 9.53. The Hall–Kier alpha value is -3.52. The lowest BCUT2D eigenvalue weighted by atomic mass is 9.96. The van der Waals surface area contributed by atoms with E-state index in [9.17, 15) is 19.5 Å². The fraction of sp³-hybridized carbons (Fsp3) is 0.296. The fourth-order valence-corrected chi connectivity index (χ4v) is 4.90. The predicted octanol–water partition coefficient (Wildman–Crippen LogP) is 3.66. The molecule has 35 heavy (non-hydrogen) atoms. The number of thioether (sulfide) groups is 1. The van der Waals surface area contributed by atoms with Gasteiger partial charge in [-0.3, -0.25) is 4.79 Å². The van der Waals surface area contributed by atoms with E-state index in [0.717, 1.165) is 22.3 Å². The van der Waals surface area contributed by atoms with E-state index in [1.807, 2.05) is 56.5 Å². The van der Waals surface area contributed by atoms with Crippen LogP contribution in [0.1, 0.15) is 28.9 Å². The van der Waals surface area contributed by atoms with Gasteiger partial charge in [-0.2, -0.15) is 11.8 Å². The van der Waals surface area contributed by atoms with Gasteiger partial charge in [0.15, 0.2) is 0 Å². The number of carbonyl (C=O) groups is 2. The van der Waals surface area contributed by atoms with Crippen molar-refractivity contribution in [1.82, 2.24) is 5.32 Å². The number of carboxylic acids is 1. The lowest BCUT2D eigenvalue weighted by Crippen LogP contribution is -2.48. The van der Waals surface area contributed by atoms with Crippen molar-refractivity contribution >= 4 is 45.6 Å². The molecule has 0 fully saturated rings. The summed E-state index contributed by atoms with van der Waals surface area (Å²) in [7, 11) is 0. The van der Waals surface area contributed by atoms with Gasteiger partial charge in [-0.05, 0) is 56.4 Å². The van der Waals surface area contributed by atoms with Gasteiger partial charge >= 0.3 is 5.63 Å². The van der Waals surface area contributed by atoms with Crippen LogP contribution in [0.3, 0.4) is 0 Å². The third-order valence-corrected chi connectivity index (χ3v) is 6.91. The zero-order valence-corrected chi connectivity index (χ0v) is 20.8. The van der Waals surface area contributed by atoms with E-state index in [0.29, 0.717) is 33.4 Å². The maximum Gasteiger partial charge on any atom is 0.340 e. The average Bonchev–Trinajstić information content (AvgIpc) is 3.17. The van der Waals surface area contributed by atoms with E-state index in [1.165, 1.54) is 11.8 Å². The SMILES string of the molecule is CSCC[C@H](NC(=O)Cc1c(C)c2cc3c(-c4ccccc4)c(C)oc3c(C)c2oc1=O)C(=O)[O-]. The molecule has 1 N–H and O–H groups in total. The molecule has 0 aliphatic heterocycles. The van der Waals surface area contributed by atoms with E-state index >= 15 is 0 Å². The number of furan rings is 1. The van der Waals surface area contributed by atoms with Crippen molar-refractivity contribution in [2.24, 2.45) is 0 Å². The Morgan fingerprint density at radius 3 is 2.37 bits per heavy atom. The van der Waals surface area contributed by atoms with Crippen molar-refractivity contribution in [3.8, 4) is 11.1 Å². The molecule has 182 valence electrons. The first-order chi connectivity index (χ1) is 16.7. The van der Waals surface area contributed by atoms with E-state index < -0.39 is 23.5 Å². The van der Waals surface area contributed by atoms with Crippen molar-refractivity contribution in [3.05, 3.63) is 69.3 Å². The van der Waals surface area contributed by atoms with Crippen LogP contribution >= 0.6 is 11.8 Å². The van der Waals surface area contributed by atoms with Gasteiger partial charge in [0.2, 0.25) is 5.91 Å². The van der Waals surface area contributed by atoms with Gasteiger partial charge in [-0.25, -0.2) is 4.79 Å². The number of hydrogen-bond acceptors (Lipinski definition) is 7. The van der Waals surface area contributed by atoms with E-state index in [1.54, 1.807) is 6.92 Å². The van der Waals surface area contributed by atoms with Gasteiger partial charge in [-0.15, -0.1) is 0 Å². The Labute approximate surface area is 206 Å². The minimum atomic E-state index is -1.35. The summed E-state index contributed by atoms with van der Waals surface area (Å²) in [4.78, 5) is 36.9. The number of rotatable bonds is 8. The highest BCUT2D eigenvalue weighted by atomic mass is 32.2. The van der Waals surface area contributed by atoms with E-state index in [4.69, 9.17) is 8.83 Å². The van der Waals surface area contributed by atoms with Gasteiger partial charge in [0.05, 0.1) is 24.0 Å². The minimum Gasteiger partial charge on any atom is -0.548 e. The zero-order valence-electron chi connectivity index (χ0n) is 20.0. The van der Waals surface area contributed by atoms with Crippen LogP contribution in [0.25, 0.3) is 33.1 Å². The van der Waals surface area contributed by atoms with Gasteiger partial charge in [0.1, 0.15) is 16.9 Å². The molecule has 0 radical (unpaired) electrons. The fourth-order valence-electron chi connectivity index (χ4n) is 4.43. The summed E-state index contributed by atoms with van der Waals surface area (Å²) in [6.45, 7) is 5.51. The number of carbonyl (C=O) groups excluding carboxylic acids is 2. The van der Waals surface area contributed by atoms with E-state index in [2.05, 4.69) is 5.32 Å². The van der Waals surface area contributed by atoms with Crippen molar-refractivity contribution in [3.63, 3.8) is 0 Å². The van der Waals surface area contributed by atoms with Crippen LogP contribution in [0.5, 0.6) is 0 Å². The Balaban J connectivity index is 1.79. The summed E-state index contributed by atoms with van der Waals surface area (Å²) in [5.74, 6) is -0.615. The summed E-state index contributed by atoms with van der Waals surface area (Å²) in [6, 6.07) is 10.7. The highest BCUT2D eigenvalue weighted by Crippen LogP contribution is 2.39. The normalized spacial score (nSPS) is 12.2.